The number of amides is 7. The number of anilines is 1. The van der Waals surface area contributed by atoms with Gasteiger partial charge in [-0.25, -0.2) is 9.59 Å². The molecule has 474 valence electrons. The molecule has 1 fully saturated rings. The maximum absolute atomic E-state index is 14.9. The zero-order chi connectivity index (χ0) is 63.0. The van der Waals surface area contributed by atoms with E-state index >= 15 is 0 Å². The van der Waals surface area contributed by atoms with Gasteiger partial charge in [0.2, 0.25) is 29.7 Å². The van der Waals surface area contributed by atoms with Gasteiger partial charge < -0.3 is 69.5 Å². The van der Waals surface area contributed by atoms with Crippen LogP contribution in [0.4, 0.5) is 15.3 Å². The molecule has 2 aromatic rings. The van der Waals surface area contributed by atoms with Gasteiger partial charge >= 0.3 is 12.2 Å². The first-order valence-electron chi connectivity index (χ1n) is 29.7. The molecular formula is C62H102N8O14. The third kappa shape index (κ3) is 21.8. The van der Waals surface area contributed by atoms with E-state index < -0.39 is 108 Å². The molecule has 1 aliphatic rings. The molecule has 1 aliphatic heterocycles. The van der Waals surface area contributed by atoms with E-state index in [0.29, 0.717) is 43.5 Å². The van der Waals surface area contributed by atoms with Crippen LogP contribution in [0.25, 0.3) is 0 Å². The van der Waals surface area contributed by atoms with Gasteiger partial charge in [-0.3, -0.25) is 28.9 Å². The minimum atomic E-state index is -1.41. The predicted molar refractivity (Wildman–Crippen MR) is 322 cm³/mol. The van der Waals surface area contributed by atoms with E-state index in [-0.39, 0.29) is 63.7 Å². The maximum Gasteiger partial charge on any atom is 0.411 e. The first-order chi connectivity index (χ1) is 39.6. The van der Waals surface area contributed by atoms with Crippen molar-refractivity contribution >= 4 is 47.4 Å². The number of methoxy groups -OCH3 is 2. The van der Waals surface area contributed by atoms with Crippen molar-refractivity contribution in [1.29, 1.82) is 0 Å². The minimum Gasteiger partial charge on any atom is -0.444 e. The molecule has 0 radical (unpaired) electrons. The number of alkyl carbamates (subject to hydrolysis) is 1. The van der Waals surface area contributed by atoms with Gasteiger partial charge in [0.05, 0.1) is 75.2 Å². The number of rotatable bonds is 34. The number of nitrogens with zero attached hydrogens (tertiary/aromatic N) is 4. The molecule has 0 aromatic heterocycles. The highest BCUT2D eigenvalue weighted by Crippen LogP contribution is 2.31. The van der Waals surface area contributed by atoms with E-state index in [4.69, 9.17) is 28.4 Å². The number of likely N-dealkylation sites (tertiary alicyclic amines) is 1. The number of ether oxygens (including phenoxy) is 6. The second-order valence-corrected chi connectivity index (χ2v) is 23.6. The Balaban J connectivity index is 1.75. The SMILES string of the molecule is CCNc1ccc(C(OC(=O)N(C)[C@H](C(=O)N[C@H](C(=O)N(C)[C@@H]([C@@H](C)CC)[C@@H](CC(=O)N2CCC[C@H]2[C@H](OC)[C@@H](C)C(=O)N[C@H](C)[C@@H](O)c2ccccc2)OC)C(C)C)C(C)C)C(=O)N(C)CCOCCOCCNC(=O)OC(C)(C)C)cc1. The molecule has 11 atom stereocenters. The molecule has 0 spiro atoms. The van der Waals surface area contributed by atoms with Crippen molar-refractivity contribution in [1.82, 2.24) is 35.6 Å². The lowest BCUT2D eigenvalue weighted by Gasteiger charge is -2.41. The van der Waals surface area contributed by atoms with E-state index in [2.05, 4.69) is 21.3 Å². The molecule has 22 nitrogen and oxygen atoms in total. The van der Waals surface area contributed by atoms with Gasteiger partial charge in [0.25, 0.3) is 5.91 Å². The Morgan fingerprint density at radius 2 is 1.38 bits per heavy atom. The number of hydrogen-bond acceptors (Lipinski definition) is 15. The third-order valence-electron chi connectivity index (χ3n) is 15.4. The quantitative estimate of drug-likeness (QED) is 0.0465. The summed E-state index contributed by atoms with van der Waals surface area (Å²) in [6, 6.07) is 12.2. The second-order valence-electron chi connectivity index (χ2n) is 23.6. The van der Waals surface area contributed by atoms with E-state index in [9.17, 15) is 38.7 Å². The fraction of sp³-hybridized carbons (Fsp3) is 0.694. The van der Waals surface area contributed by atoms with Crippen LogP contribution in [0, 0.1) is 23.7 Å². The van der Waals surface area contributed by atoms with Gasteiger partial charge in [-0.1, -0.05) is 97.4 Å². The number of aliphatic hydroxyl groups excluding tert-OH is 1. The van der Waals surface area contributed by atoms with Crippen molar-refractivity contribution < 1.29 is 67.1 Å². The van der Waals surface area contributed by atoms with Crippen molar-refractivity contribution in [3.8, 4) is 0 Å². The van der Waals surface area contributed by atoms with Crippen LogP contribution >= 0.6 is 0 Å². The van der Waals surface area contributed by atoms with Crippen LogP contribution in [0.5, 0.6) is 0 Å². The van der Waals surface area contributed by atoms with Crippen molar-refractivity contribution in [2.45, 2.75) is 169 Å². The molecule has 0 saturated carbocycles. The predicted octanol–water partition coefficient (Wildman–Crippen LogP) is 6.57. The van der Waals surface area contributed by atoms with Gasteiger partial charge in [-0.15, -0.1) is 0 Å². The van der Waals surface area contributed by atoms with Crippen LogP contribution in [0.1, 0.15) is 132 Å². The number of hydrogen-bond donors (Lipinski definition) is 5. The summed E-state index contributed by atoms with van der Waals surface area (Å²) in [5.74, 6) is -3.87. The van der Waals surface area contributed by atoms with Gasteiger partial charge in [0.1, 0.15) is 17.7 Å². The Kier molecular flexibility index (Phi) is 30.4. The van der Waals surface area contributed by atoms with Crippen LogP contribution < -0.4 is 21.3 Å². The van der Waals surface area contributed by atoms with Crippen LogP contribution in [0.3, 0.4) is 0 Å². The maximum atomic E-state index is 14.9. The number of carbonyl (C=O) groups is 7. The van der Waals surface area contributed by atoms with Crippen molar-refractivity contribution in [3.05, 3.63) is 65.7 Å². The average molecular weight is 1180 g/mol. The average Bonchev–Trinajstić information content (AvgIpc) is 3.31. The fourth-order valence-electron chi connectivity index (χ4n) is 10.5. The van der Waals surface area contributed by atoms with Gasteiger partial charge in [-0.05, 0) is 82.9 Å². The van der Waals surface area contributed by atoms with E-state index in [1.807, 2.05) is 52.8 Å². The summed E-state index contributed by atoms with van der Waals surface area (Å²) in [6.45, 7) is 24.2. The first-order valence-corrected chi connectivity index (χ1v) is 29.7. The van der Waals surface area contributed by atoms with E-state index in [1.165, 1.54) is 26.2 Å². The summed E-state index contributed by atoms with van der Waals surface area (Å²) in [7, 11) is 7.67. The molecule has 84 heavy (non-hydrogen) atoms. The van der Waals surface area contributed by atoms with Crippen LogP contribution in [0.15, 0.2) is 54.6 Å². The highest BCUT2D eigenvalue weighted by atomic mass is 16.6. The topological polar surface area (TPSA) is 256 Å². The third-order valence-corrected chi connectivity index (χ3v) is 15.4. The fourth-order valence-corrected chi connectivity index (χ4v) is 10.5. The summed E-state index contributed by atoms with van der Waals surface area (Å²) < 4.78 is 34.6. The molecule has 1 unspecified atom stereocenters. The number of aliphatic hydroxyl groups is 1. The van der Waals surface area contributed by atoms with Crippen LogP contribution in [-0.4, -0.2) is 202 Å². The van der Waals surface area contributed by atoms with Crippen molar-refractivity contribution in [2.24, 2.45) is 23.7 Å². The zero-order valence-corrected chi connectivity index (χ0v) is 53.2. The molecule has 5 N–H and O–H groups in total. The summed E-state index contributed by atoms with van der Waals surface area (Å²) in [5.41, 5.74) is 1.26. The molecule has 3 rings (SSSR count). The van der Waals surface area contributed by atoms with Gasteiger partial charge in [0, 0.05) is 72.8 Å². The van der Waals surface area contributed by atoms with Crippen molar-refractivity contribution in [2.75, 3.05) is 93.3 Å². The molecule has 0 bridgehead atoms. The molecule has 22 heteroatoms. The van der Waals surface area contributed by atoms with Crippen LogP contribution in [-0.2, 0) is 52.4 Å². The Labute approximate surface area is 500 Å². The zero-order valence-electron chi connectivity index (χ0n) is 53.2. The Morgan fingerprint density at radius 1 is 0.750 bits per heavy atom. The lowest BCUT2D eigenvalue weighted by molar-refractivity contribution is -0.148. The number of nitrogens with one attached hydrogen (secondary N) is 4. The van der Waals surface area contributed by atoms with E-state index in [1.54, 1.807) is 109 Å². The lowest BCUT2D eigenvalue weighted by Crippen LogP contribution is -2.60. The van der Waals surface area contributed by atoms with Crippen LogP contribution in [0.2, 0.25) is 0 Å². The molecule has 7 amide bonds. The van der Waals surface area contributed by atoms with Crippen molar-refractivity contribution in [3.63, 3.8) is 0 Å². The number of likely N-dealkylation sites (N-methyl/N-ethyl adjacent to an activating group) is 3. The molecule has 0 aliphatic carbocycles. The number of benzene rings is 2. The normalized spacial score (nSPS) is 17.1. The smallest absolute Gasteiger partial charge is 0.411 e. The molecule has 2 aromatic carbocycles. The molecular weight excluding hydrogens is 1080 g/mol. The summed E-state index contributed by atoms with van der Waals surface area (Å²) in [4.78, 5) is 104. The van der Waals surface area contributed by atoms with Gasteiger partial charge in [-0.2, -0.15) is 0 Å². The first kappa shape index (κ1) is 72.2. The monoisotopic (exact) mass is 1180 g/mol. The Morgan fingerprint density at radius 3 is 1.94 bits per heavy atom. The highest BCUT2D eigenvalue weighted by Gasteiger charge is 2.44. The van der Waals surface area contributed by atoms with Gasteiger partial charge in [0.15, 0.2) is 0 Å². The largest absolute Gasteiger partial charge is 0.444 e. The minimum absolute atomic E-state index is 0.0839. The number of carbonyl (C=O) groups excluding carboxylic acids is 7. The second kappa shape index (κ2) is 35.4. The Hall–Kier alpha value is -6.07. The summed E-state index contributed by atoms with van der Waals surface area (Å²) >= 11 is 0. The molecule has 1 heterocycles. The summed E-state index contributed by atoms with van der Waals surface area (Å²) in [5, 5.41) is 22.7. The highest BCUT2D eigenvalue weighted by molar-refractivity contribution is 5.92. The lowest BCUT2D eigenvalue weighted by atomic mass is 9.89. The standard InChI is InChI=1S/C62H102N8O14/c1-18-41(7)52(48(79-16)38-49(71)70-32-23-26-47(70)54(80-17)42(8)56(73)65-43(9)53(72)44-24-21-20-22-25-44)68(14)58(75)50(39(3)4)66-57(74)51(40(5)6)69(15)61(78)83-55(45-27-29-46(30-28-45)63-19-2)59(76)67(13)33-35-82-37-36-81-34-31-64-60(77)84-62(10,11)12/h20-22,24-25,27-30,39-43,47-48,50-55,63,72H,18-19,23,26,31-38H2,1-17H3,(H,64,77)(H,65,73)(H,66,74)/t41-,42+,43+,47-,48+,50-,51-,52-,53+,54+,55?/m0/s1. The Bertz CT molecular complexity index is 2360. The van der Waals surface area contributed by atoms with E-state index in [0.717, 1.165) is 10.6 Å². The summed E-state index contributed by atoms with van der Waals surface area (Å²) in [6.07, 6.45) is -3.41. The molecule has 1 saturated heterocycles.